The molecule has 0 aliphatic carbocycles. The molecule has 2 aromatic rings. The summed E-state index contributed by atoms with van der Waals surface area (Å²) >= 11 is 1.58. The van der Waals surface area contributed by atoms with Gasteiger partial charge < -0.3 is 14.5 Å². The summed E-state index contributed by atoms with van der Waals surface area (Å²) in [6.45, 7) is 3.87. The van der Waals surface area contributed by atoms with Crippen molar-refractivity contribution >= 4 is 39.4 Å². The fourth-order valence-corrected chi connectivity index (χ4v) is 4.47. The summed E-state index contributed by atoms with van der Waals surface area (Å²) in [4.78, 5) is 33.3. The van der Waals surface area contributed by atoms with Crippen molar-refractivity contribution in [1.29, 1.82) is 0 Å². The van der Waals surface area contributed by atoms with Crippen molar-refractivity contribution in [1.82, 2.24) is 14.8 Å². The maximum atomic E-state index is 12.6. The number of likely N-dealkylation sites (tertiary alicyclic amines) is 1. The van der Waals surface area contributed by atoms with Gasteiger partial charge in [0, 0.05) is 38.2 Å². The van der Waals surface area contributed by atoms with Crippen molar-refractivity contribution in [3.05, 3.63) is 35.3 Å². The molecule has 2 saturated heterocycles. The molecule has 0 unspecified atom stereocenters. The summed E-state index contributed by atoms with van der Waals surface area (Å²) in [5, 5.41) is 0.835. The Labute approximate surface area is 162 Å². The molecule has 2 aliphatic heterocycles. The van der Waals surface area contributed by atoms with E-state index in [0.29, 0.717) is 39.4 Å². The number of carbonyl (C=O) groups is 2. The normalized spacial score (nSPS) is 19.1. The number of hydrogen-bond donors (Lipinski definition) is 0. The molecule has 142 valence electrons. The maximum absolute atomic E-state index is 12.6. The SMILES string of the molecule is O=C(/C=C/c1nc2ccccc2s1)N1CCC(C(=O)N2CCOCC2)CC1. The number of thiazole rings is 1. The standard InChI is InChI=1S/C20H23N3O3S/c24-19(6-5-18-21-16-3-1-2-4-17(16)27-18)22-9-7-15(8-10-22)20(25)23-11-13-26-14-12-23/h1-6,15H,7-14H2/b6-5+. The van der Waals surface area contributed by atoms with Gasteiger partial charge in [0.25, 0.3) is 0 Å². The van der Waals surface area contributed by atoms with E-state index in [-0.39, 0.29) is 17.7 Å². The van der Waals surface area contributed by atoms with Gasteiger partial charge in [0.2, 0.25) is 11.8 Å². The van der Waals surface area contributed by atoms with Crippen LogP contribution in [0.4, 0.5) is 0 Å². The zero-order chi connectivity index (χ0) is 18.6. The Bertz CT molecular complexity index is 816. The number of morpholine rings is 1. The van der Waals surface area contributed by atoms with E-state index in [1.165, 1.54) is 0 Å². The van der Waals surface area contributed by atoms with Crippen molar-refractivity contribution in [3.8, 4) is 0 Å². The number of fused-ring (bicyclic) bond motifs is 1. The molecule has 2 amide bonds. The molecular weight excluding hydrogens is 362 g/mol. The first-order valence-electron chi connectivity index (χ1n) is 9.40. The minimum Gasteiger partial charge on any atom is -0.378 e. The molecule has 0 N–H and O–H groups in total. The van der Waals surface area contributed by atoms with Gasteiger partial charge in [0.15, 0.2) is 0 Å². The number of benzene rings is 1. The highest BCUT2D eigenvalue weighted by Gasteiger charge is 2.30. The average Bonchev–Trinajstić information content (AvgIpc) is 3.15. The molecule has 0 radical (unpaired) electrons. The van der Waals surface area contributed by atoms with Crippen LogP contribution in [0.15, 0.2) is 30.3 Å². The number of hydrogen-bond acceptors (Lipinski definition) is 5. The number of nitrogens with zero attached hydrogens (tertiary/aromatic N) is 3. The third kappa shape index (κ3) is 4.20. The van der Waals surface area contributed by atoms with E-state index in [9.17, 15) is 9.59 Å². The fraction of sp³-hybridized carbons (Fsp3) is 0.450. The smallest absolute Gasteiger partial charge is 0.246 e. The number of para-hydroxylation sites is 1. The van der Waals surface area contributed by atoms with Gasteiger partial charge in [-0.2, -0.15) is 0 Å². The average molecular weight is 385 g/mol. The van der Waals surface area contributed by atoms with Gasteiger partial charge in [0.05, 0.1) is 23.4 Å². The molecule has 4 rings (SSSR count). The highest BCUT2D eigenvalue weighted by atomic mass is 32.1. The third-order valence-electron chi connectivity index (χ3n) is 5.16. The van der Waals surface area contributed by atoms with Crippen LogP contribution in [-0.4, -0.2) is 66.0 Å². The monoisotopic (exact) mass is 385 g/mol. The lowest BCUT2D eigenvalue weighted by molar-refractivity contribution is -0.142. The number of amides is 2. The number of rotatable bonds is 3. The Hall–Kier alpha value is -2.25. The van der Waals surface area contributed by atoms with Crippen molar-refractivity contribution in [2.75, 3.05) is 39.4 Å². The molecule has 1 aromatic heterocycles. The molecule has 2 aliphatic rings. The van der Waals surface area contributed by atoms with Gasteiger partial charge >= 0.3 is 0 Å². The van der Waals surface area contributed by atoms with Crippen molar-refractivity contribution in [2.24, 2.45) is 5.92 Å². The van der Waals surface area contributed by atoms with Crippen molar-refractivity contribution in [2.45, 2.75) is 12.8 Å². The largest absolute Gasteiger partial charge is 0.378 e. The molecule has 7 heteroatoms. The topological polar surface area (TPSA) is 62.7 Å². The Morgan fingerprint density at radius 2 is 1.81 bits per heavy atom. The van der Waals surface area contributed by atoms with E-state index in [4.69, 9.17) is 4.74 Å². The van der Waals surface area contributed by atoms with Gasteiger partial charge in [-0.1, -0.05) is 12.1 Å². The van der Waals surface area contributed by atoms with Crippen LogP contribution < -0.4 is 0 Å². The molecule has 0 bridgehead atoms. The zero-order valence-electron chi connectivity index (χ0n) is 15.2. The summed E-state index contributed by atoms with van der Waals surface area (Å²) in [5.74, 6) is 0.238. The van der Waals surface area contributed by atoms with Crippen molar-refractivity contribution < 1.29 is 14.3 Å². The number of ether oxygens (including phenoxy) is 1. The minimum atomic E-state index is -0.00784. The van der Waals surface area contributed by atoms with Crippen LogP contribution >= 0.6 is 11.3 Å². The Morgan fingerprint density at radius 3 is 2.56 bits per heavy atom. The third-order valence-corrected chi connectivity index (χ3v) is 6.16. The van der Waals surface area contributed by atoms with Gasteiger partial charge in [-0.25, -0.2) is 4.98 Å². The highest BCUT2D eigenvalue weighted by Crippen LogP contribution is 2.23. The molecule has 3 heterocycles. The highest BCUT2D eigenvalue weighted by molar-refractivity contribution is 7.19. The molecule has 1 aromatic carbocycles. The number of piperidine rings is 1. The lowest BCUT2D eigenvalue weighted by Gasteiger charge is -2.35. The van der Waals surface area contributed by atoms with Crippen molar-refractivity contribution in [3.63, 3.8) is 0 Å². The number of carbonyl (C=O) groups excluding carboxylic acids is 2. The summed E-state index contributed by atoms with van der Waals surface area (Å²) in [6.07, 6.45) is 4.85. The van der Waals surface area contributed by atoms with Crippen LogP contribution in [0.25, 0.3) is 16.3 Å². The second-order valence-corrected chi connectivity index (χ2v) is 7.95. The fourth-order valence-electron chi connectivity index (χ4n) is 3.60. The minimum absolute atomic E-state index is 0.00784. The van der Waals surface area contributed by atoms with Gasteiger partial charge in [0.1, 0.15) is 5.01 Å². The zero-order valence-corrected chi connectivity index (χ0v) is 16.0. The molecule has 0 atom stereocenters. The lowest BCUT2D eigenvalue weighted by Crippen LogP contribution is -2.47. The Balaban J connectivity index is 1.31. The Kier molecular flexibility index (Phi) is 5.50. The molecule has 6 nitrogen and oxygen atoms in total. The molecular formula is C20H23N3O3S. The van der Waals surface area contributed by atoms with Gasteiger partial charge in [-0.05, 0) is 31.1 Å². The predicted octanol–water partition coefficient (Wildman–Crippen LogP) is 2.41. The summed E-state index contributed by atoms with van der Waals surface area (Å²) < 4.78 is 6.43. The summed E-state index contributed by atoms with van der Waals surface area (Å²) in [5.41, 5.74) is 0.956. The van der Waals surface area contributed by atoms with E-state index < -0.39 is 0 Å². The van der Waals surface area contributed by atoms with Crippen LogP contribution in [0.5, 0.6) is 0 Å². The second kappa shape index (κ2) is 8.19. The van der Waals surface area contributed by atoms with Crippen LogP contribution in [0.2, 0.25) is 0 Å². The summed E-state index contributed by atoms with van der Waals surface area (Å²) in [7, 11) is 0. The number of aromatic nitrogens is 1. The quantitative estimate of drug-likeness (QED) is 0.761. The van der Waals surface area contributed by atoms with Crippen LogP contribution in [0.3, 0.4) is 0 Å². The molecule has 0 spiro atoms. The van der Waals surface area contributed by atoms with E-state index in [1.54, 1.807) is 23.5 Å². The van der Waals surface area contributed by atoms with E-state index in [2.05, 4.69) is 4.98 Å². The molecule has 27 heavy (non-hydrogen) atoms. The van der Waals surface area contributed by atoms with Crippen LogP contribution in [0, 0.1) is 5.92 Å². The molecule has 2 fully saturated rings. The van der Waals surface area contributed by atoms with E-state index >= 15 is 0 Å². The lowest BCUT2D eigenvalue weighted by atomic mass is 9.95. The first-order chi connectivity index (χ1) is 13.2. The molecule has 0 saturated carbocycles. The Morgan fingerprint density at radius 1 is 1.07 bits per heavy atom. The first-order valence-corrected chi connectivity index (χ1v) is 10.2. The van der Waals surface area contributed by atoms with Gasteiger partial charge in [-0.15, -0.1) is 11.3 Å². The van der Waals surface area contributed by atoms with E-state index in [1.807, 2.05) is 34.1 Å². The van der Waals surface area contributed by atoms with Crippen LogP contribution in [-0.2, 0) is 14.3 Å². The van der Waals surface area contributed by atoms with E-state index in [0.717, 1.165) is 28.1 Å². The van der Waals surface area contributed by atoms with Crippen LogP contribution in [0.1, 0.15) is 17.8 Å². The predicted molar refractivity (Wildman–Crippen MR) is 105 cm³/mol. The maximum Gasteiger partial charge on any atom is 0.246 e. The first kappa shape index (κ1) is 18.1. The summed E-state index contributed by atoms with van der Waals surface area (Å²) in [6, 6.07) is 7.95. The van der Waals surface area contributed by atoms with Gasteiger partial charge in [-0.3, -0.25) is 9.59 Å². The second-order valence-electron chi connectivity index (χ2n) is 6.89.